The molecule has 1 heterocycles. The topological polar surface area (TPSA) is 60.8 Å². The molecule has 4 heteroatoms. The van der Waals surface area contributed by atoms with Gasteiger partial charge in [-0.1, -0.05) is 60.7 Å². The van der Waals surface area contributed by atoms with Crippen LogP contribution < -0.4 is 0 Å². The van der Waals surface area contributed by atoms with Gasteiger partial charge < -0.3 is 10.2 Å². The van der Waals surface area contributed by atoms with Crippen LogP contribution in [0.2, 0.25) is 0 Å². The van der Waals surface area contributed by atoms with Crippen LogP contribution in [0.15, 0.2) is 78.9 Å². The first-order valence-electron chi connectivity index (χ1n) is 11.4. The van der Waals surface area contributed by atoms with Crippen LogP contribution in [0.3, 0.4) is 0 Å². The molecule has 3 atom stereocenters. The summed E-state index contributed by atoms with van der Waals surface area (Å²) >= 11 is 0. The molecule has 164 valence electrons. The Morgan fingerprint density at radius 3 is 2.25 bits per heavy atom. The smallest absolute Gasteiger partial charge is 0.176 e. The molecule has 5 rings (SSSR count). The van der Waals surface area contributed by atoms with Crippen LogP contribution in [0.1, 0.15) is 28.8 Å². The molecule has 1 aliphatic heterocycles. The number of Topliss-reactive ketones (excluding diaryl/α,β-unsaturated/α-hetero) is 1. The Kier molecular flexibility index (Phi) is 5.58. The molecular weight excluding hydrogens is 398 g/mol. The second-order valence-corrected chi connectivity index (χ2v) is 9.56. The number of likely N-dealkylation sites (tertiary alicyclic amines) is 1. The third kappa shape index (κ3) is 4.47. The third-order valence-corrected chi connectivity index (χ3v) is 7.06. The maximum atomic E-state index is 13.0. The first kappa shape index (κ1) is 20.9. The number of phenolic OH excluding ortho intramolecular Hbond substituents is 1. The molecule has 0 bridgehead atoms. The van der Waals surface area contributed by atoms with Crippen LogP contribution in [0.4, 0.5) is 0 Å². The van der Waals surface area contributed by atoms with E-state index in [9.17, 15) is 15.0 Å². The van der Waals surface area contributed by atoms with E-state index in [-0.39, 0.29) is 11.5 Å². The van der Waals surface area contributed by atoms with Gasteiger partial charge in [0.05, 0.1) is 12.1 Å². The molecule has 1 saturated heterocycles. The zero-order chi connectivity index (χ0) is 22.1. The summed E-state index contributed by atoms with van der Waals surface area (Å²) in [4.78, 5) is 15.3. The molecule has 2 N–H and O–H groups in total. The summed E-state index contributed by atoms with van der Waals surface area (Å²) in [6.45, 7) is 2.18. The monoisotopic (exact) mass is 427 g/mol. The van der Waals surface area contributed by atoms with Crippen molar-refractivity contribution in [2.45, 2.75) is 24.9 Å². The van der Waals surface area contributed by atoms with Gasteiger partial charge in [0.2, 0.25) is 0 Å². The summed E-state index contributed by atoms with van der Waals surface area (Å²) in [6.07, 6.45) is 2.34. The fourth-order valence-electron chi connectivity index (χ4n) is 5.63. The van der Waals surface area contributed by atoms with Gasteiger partial charge in [-0.25, -0.2) is 0 Å². The molecule has 2 aliphatic rings. The molecule has 1 saturated carbocycles. The lowest BCUT2D eigenvalue weighted by molar-refractivity contribution is 0.0355. The SMILES string of the molecule is O=C(CN1C[C@@H]2C[C@@](O)(Cc3ccccc3)C[C@@H]2C1)c1cccc(-c2ccc(O)cc2)c1. The second-order valence-electron chi connectivity index (χ2n) is 9.56. The lowest BCUT2D eigenvalue weighted by atomic mass is 9.91. The number of rotatable bonds is 6. The first-order chi connectivity index (χ1) is 15.5. The Labute approximate surface area is 189 Å². The number of hydrogen-bond acceptors (Lipinski definition) is 4. The van der Waals surface area contributed by atoms with Gasteiger partial charge in [0, 0.05) is 25.1 Å². The van der Waals surface area contributed by atoms with Crippen LogP contribution in [-0.2, 0) is 6.42 Å². The number of fused-ring (bicyclic) bond motifs is 1. The van der Waals surface area contributed by atoms with Crippen molar-refractivity contribution in [1.82, 2.24) is 4.90 Å². The van der Waals surface area contributed by atoms with Gasteiger partial charge in [0.15, 0.2) is 5.78 Å². The van der Waals surface area contributed by atoms with E-state index in [0.717, 1.165) is 37.1 Å². The van der Waals surface area contributed by atoms with E-state index in [1.807, 2.05) is 54.6 Å². The highest BCUT2D eigenvalue weighted by atomic mass is 16.3. The van der Waals surface area contributed by atoms with Crippen molar-refractivity contribution in [3.63, 3.8) is 0 Å². The highest BCUT2D eigenvalue weighted by Gasteiger charge is 2.48. The number of nitrogens with zero attached hydrogens (tertiary/aromatic N) is 1. The van der Waals surface area contributed by atoms with Gasteiger partial charge >= 0.3 is 0 Å². The Morgan fingerprint density at radius 2 is 1.56 bits per heavy atom. The molecule has 0 spiro atoms. The number of aromatic hydroxyl groups is 1. The zero-order valence-corrected chi connectivity index (χ0v) is 18.2. The number of carbonyl (C=O) groups is 1. The van der Waals surface area contributed by atoms with Crippen molar-refractivity contribution >= 4 is 5.78 Å². The summed E-state index contributed by atoms with van der Waals surface area (Å²) in [5.41, 5.74) is 3.24. The van der Waals surface area contributed by atoms with Crippen LogP contribution >= 0.6 is 0 Å². The molecule has 1 aliphatic carbocycles. The predicted molar refractivity (Wildman–Crippen MR) is 126 cm³/mol. The van der Waals surface area contributed by atoms with Crippen molar-refractivity contribution in [3.8, 4) is 16.9 Å². The van der Waals surface area contributed by atoms with Gasteiger partial charge in [-0.2, -0.15) is 0 Å². The third-order valence-electron chi connectivity index (χ3n) is 7.06. The highest BCUT2D eigenvalue weighted by Crippen LogP contribution is 2.45. The maximum Gasteiger partial charge on any atom is 0.176 e. The largest absolute Gasteiger partial charge is 0.508 e. The molecule has 3 aromatic rings. The normalized spacial score (nSPS) is 25.0. The second kappa shape index (κ2) is 8.53. The van der Waals surface area contributed by atoms with E-state index in [2.05, 4.69) is 17.0 Å². The predicted octanol–water partition coefficient (Wildman–Crippen LogP) is 4.56. The Morgan fingerprint density at radius 1 is 0.875 bits per heavy atom. The van der Waals surface area contributed by atoms with Crippen LogP contribution in [0.5, 0.6) is 5.75 Å². The van der Waals surface area contributed by atoms with Crippen LogP contribution in [0, 0.1) is 11.8 Å². The molecule has 0 radical (unpaired) electrons. The van der Waals surface area contributed by atoms with E-state index in [4.69, 9.17) is 0 Å². The number of aliphatic hydroxyl groups is 1. The quantitative estimate of drug-likeness (QED) is 0.567. The molecule has 2 fully saturated rings. The Hall–Kier alpha value is -2.95. The van der Waals surface area contributed by atoms with Gasteiger partial charge in [-0.3, -0.25) is 9.69 Å². The van der Waals surface area contributed by atoms with E-state index in [0.29, 0.717) is 30.4 Å². The van der Waals surface area contributed by atoms with E-state index in [1.54, 1.807) is 12.1 Å². The van der Waals surface area contributed by atoms with E-state index in [1.165, 1.54) is 5.56 Å². The van der Waals surface area contributed by atoms with Gasteiger partial charge in [-0.15, -0.1) is 0 Å². The fraction of sp³-hybridized carbons (Fsp3) is 0.321. The van der Waals surface area contributed by atoms with Crippen molar-refractivity contribution in [2.24, 2.45) is 11.8 Å². The Balaban J connectivity index is 1.20. The minimum Gasteiger partial charge on any atom is -0.508 e. The fourth-order valence-corrected chi connectivity index (χ4v) is 5.63. The molecule has 0 aromatic heterocycles. The number of benzene rings is 3. The summed E-state index contributed by atoms with van der Waals surface area (Å²) in [5.74, 6) is 1.28. The molecule has 0 amide bonds. The lowest BCUT2D eigenvalue weighted by Gasteiger charge is -2.26. The van der Waals surface area contributed by atoms with Crippen molar-refractivity contribution in [2.75, 3.05) is 19.6 Å². The molecule has 3 aromatic carbocycles. The maximum absolute atomic E-state index is 13.0. The summed E-state index contributed by atoms with van der Waals surface area (Å²) in [7, 11) is 0. The number of ketones is 1. The molecule has 32 heavy (non-hydrogen) atoms. The molecule has 0 unspecified atom stereocenters. The minimum atomic E-state index is -0.620. The minimum absolute atomic E-state index is 0.130. The van der Waals surface area contributed by atoms with Crippen molar-refractivity contribution in [3.05, 3.63) is 90.0 Å². The zero-order valence-electron chi connectivity index (χ0n) is 18.2. The van der Waals surface area contributed by atoms with Crippen LogP contribution in [-0.4, -0.2) is 46.1 Å². The Bertz CT molecular complexity index is 1080. The van der Waals surface area contributed by atoms with Gasteiger partial charge in [-0.05, 0) is 59.6 Å². The van der Waals surface area contributed by atoms with Gasteiger partial charge in [0.1, 0.15) is 5.75 Å². The number of hydrogen-bond donors (Lipinski definition) is 2. The standard InChI is InChI=1S/C28H29NO3/c30-26-11-9-21(10-12-26)22-7-4-8-23(13-22)27(31)19-29-17-24-15-28(32,16-25(24)18-29)14-20-5-2-1-3-6-20/h1-13,24-25,30,32H,14-19H2/t24-,25+,28-. The summed E-state index contributed by atoms with van der Waals surface area (Å²) in [6, 6.07) is 25.0. The first-order valence-corrected chi connectivity index (χ1v) is 11.4. The molecule has 4 nitrogen and oxygen atoms in total. The molecular formula is C28H29NO3. The number of phenols is 1. The summed E-state index contributed by atoms with van der Waals surface area (Å²) < 4.78 is 0. The van der Waals surface area contributed by atoms with Crippen LogP contribution in [0.25, 0.3) is 11.1 Å². The van der Waals surface area contributed by atoms with E-state index < -0.39 is 5.60 Å². The average Bonchev–Trinajstić information content (AvgIpc) is 3.28. The highest BCUT2D eigenvalue weighted by molar-refractivity contribution is 5.98. The van der Waals surface area contributed by atoms with Crippen molar-refractivity contribution < 1.29 is 15.0 Å². The summed E-state index contributed by atoms with van der Waals surface area (Å²) in [5, 5.41) is 20.7. The average molecular weight is 428 g/mol. The lowest BCUT2D eigenvalue weighted by Crippen LogP contribution is -2.34. The van der Waals surface area contributed by atoms with Crippen molar-refractivity contribution in [1.29, 1.82) is 0 Å². The number of carbonyl (C=O) groups excluding carboxylic acids is 1. The van der Waals surface area contributed by atoms with E-state index >= 15 is 0 Å². The van der Waals surface area contributed by atoms with Gasteiger partial charge in [0.25, 0.3) is 0 Å².